The van der Waals surface area contributed by atoms with Crippen molar-refractivity contribution in [3.05, 3.63) is 29.3 Å². The number of hydrogen-bond acceptors (Lipinski definition) is 8. The minimum absolute atomic E-state index is 0.00420. The molecule has 0 saturated heterocycles. The van der Waals surface area contributed by atoms with Gasteiger partial charge in [-0.25, -0.2) is 9.59 Å². The van der Waals surface area contributed by atoms with Gasteiger partial charge in [-0.3, -0.25) is 9.59 Å². The number of carbonyl (C=O) groups is 5. The first-order chi connectivity index (χ1) is 12.3. The van der Waals surface area contributed by atoms with Crippen LogP contribution >= 0.6 is 0 Å². The number of amides is 1. The van der Waals surface area contributed by atoms with E-state index in [4.69, 9.17) is 4.74 Å². The van der Waals surface area contributed by atoms with E-state index in [1.54, 1.807) is 0 Å². The van der Waals surface area contributed by atoms with E-state index >= 15 is 0 Å². The van der Waals surface area contributed by atoms with Crippen molar-refractivity contribution in [1.82, 2.24) is 0 Å². The van der Waals surface area contributed by atoms with Crippen molar-refractivity contribution in [3.8, 4) is 0 Å². The predicted octanol–water partition coefficient (Wildman–Crippen LogP) is 1.11. The van der Waals surface area contributed by atoms with Crippen LogP contribution in [0.2, 0.25) is 0 Å². The summed E-state index contributed by atoms with van der Waals surface area (Å²) in [7, 11) is 2.36. The van der Waals surface area contributed by atoms with Crippen LogP contribution in [-0.2, 0) is 28.6 Å². The third-order valence-corrected chi connectivity index (χ3v) is 3.17. The average Bonchev–Trinajstić information content (AvgIpc) is 2.63. The zero-order valence-corrected chi connectivity index (χ0v) is 14.6. The number of esters is 3. The molecule has 26 heavy (non-hydrogen) atoms. The Morgan fingerprint density at radius 2 is 1.62 bits per heavy atom. The van der Waals surface area contributed by atoms with Gasteiger partial charge in [-0.05, 0) is 25.1 Å². The number of carbonyl (C=O) groups excluding carboxylic acids is 5. The maximum Gasteiger partial charge on any atom is 0.339 e. The Bertz CT molecular complexity index is 725. The second-order valence-corrected chi connectivity index (χ2v) is 5.15. The highest BCUT2D eigenvalue weighted by molar-refractivity contribution is 6.04. The van der Waals surface area contributed by atoms with Gasteiger partial charge in [0.1, 0.15) is 5.78 Å². The number of methoxy groups -OCH3 is 2. The summed E-state index contributed by atoms with van der Waals surface area (Å²) in [5.74, 6) is -2.99. The number of Topliss-reactive ketones (excluding diaryl/α,β-unsaturated/α-hetero) is 1. The fourth-order valence-corrected chi connectivity index (χ4v) is 1.86. The largest absolute Gasteiger partial charge is 0.465 e. The number of ketones is 1. The van der Waals surface area contributed by atoms with E-state index in [1.807, 2.05) is 0 Å². The molecule has 1 amide bonds. The van der Waals surface area contributed by atoms with Gasteiger partial charge < -0.3 is 24.3 Å². The summed E-state index contributed by atoms with van der Waals surface area (Å²) in [6.07, 6.45) is -0.109. The molecule has 0 aromatic heterocycles. The fraction of sp³-hybridized carbons (Fsp3) is 0.353. The van der Waals surface area contributed by atoms with Gasteiger partial charge in [0.25, 0.3) is 5.91 Å². The minimum Gasteiger partial charge on any atom is -0.465 e. The maximum atomic E-state index is 11.9. The van der Waals surface area contributed by atoms with Crippen LogP contribution in [-0.4, -0.2) is 50.4 Å². The number of benzene rings is 1. The molecular weight excluding hydrogens is 346 g/mol. The Balaban J connectivity index is 2.83. The molecule has 0 bridgehead atoms. The number of anilines is 1. The molecule has 0 aliphatic rings. The van der Waals surface area contributed by atoms with Gasteiger partial charge >= 0.3 is 17.9 Å². The Morgan fingerprint density at radius 3 is 2.19 bits per heavy atom. The Labute approximate surface area is 149 Å². The van der Waals surface area contributed by atoms with Crippen molar-refractivity contribution in [2.45, 2.75) is 19.8 Å². The molecule has 0 saturated carbocycles. The van der Waals surface area contributed by atoms with Gasteiger partial charge in [0, 0.05) is 6.42 Å². The number of nitrogens with one attached hydrogen (secondary N) is 1. The number of rotatable bonds is 8. The first-order valence-corrected chi connectivity index (χ1v) is 7.54. The highest BCUT2D eigenvalue weighted by Gasteiger charge is 2.18. The lowest BCUT2D eigenvalue weighted by atomic mass is 10.1. The van der Waals surface area contributed by atoms with Crippen LogP contribution in [0.25, 0.3) is 0 Å². The molecule has 1 rings (SSSR count). The monoisotopic (exact) mass is 365 g/mol. The third-order valence-electron chi connectivity index (χ3n) is 3.17. The van der Waals surface area contributed by atoms with E-state index in [9.17, 15) is 24.0 Å². The van der Waals surface area contributed by atoms with Crippen molar-refractivity contribution >= 4 is 35.3 Å². The van der Waals surface area contributed by atoms with Crippen LogP contribution in [0.4, 0.5) is 5.69 Å². The van der Waals surface area contributed by atoms with E-state index in [0.717, 1.165) is 0 Å². The van der Waals surface area contributed by atoms with Crippen LogP contribution in [0.3, 0.4) is 0 Å². The highest BCUT2D eigenvalue weighted by Crippen LogP contribution is 2.19. The summed E-state index contributed by atoms with van der Waals surface area (Å²) in [6.45, 7) is 0.725. The second kappa shape index (κ2) is 9.92. The summed E-state index contributed by atoms with van der Waals surface area (Å²) in [5.41, 5.74) is 0.120. The molecule has 9 heteroatoms. The van der Waals surface area contributed by atoms with Crippen molar-refractivity contribution in [2.24, 2.45) is 0 Å². The zero-order valence-electron chi connectivity index (χ0n) is 14.6. The van der Waals surface area contributed by atoms with Gasteiger partial charge in [-0.2, -0.15) is 0 Å². The predicted molar refractivity (Wildman–Crippen MR) is 88.6 cm³/mol. The van der Waals surface area contributed by atoms with E-state index < -0.39 is 30.4 Å². The third kappa shape index (κ3) is 6.34. The van der Waals surface area contributed by atoms with Gasteiger partial charge in [-0.15, -0.1) is 0 Å². The average molecular weight is 365 g/mol. The highest BCUT2D eigenvalue weighted by atomic mass is 16.5. The molecule has 1 aromatic carbocycles. The molecule has 9 nitrogen and oxygen atoms in total. The topological polar surface area (TPSA) is 125 Å². The molecule has 0 spiro atoms. The maximum absolute atomic E-state index is 11.9. The first kappa shape index (κ1) is 20.8. The SMILES string of the molecule is COC(=O)c1ccc(C(=O)OC)c(NC(=O)COC(=O)CCC(C)=O)c1. The van der Waals surface area contributed by atoms with Crippen LogP contribution in [0.5, 0.6) is 0 Å². The molecule has 0 heterocycles. The summed E-state index contributed by atoms with van der Waals surface area (Å²) >= 11 is 0. The molecule has 0 fully saturated rings. The molecule has 1 N–H and O–H groups in total. The van der Waals surface area contributed by atoms with Crippen LogP contribution in [0, 0.1) is 0 Å². The van der Waals surface area contributed by atoms with Crippen LogP contribution in [0.1, 0.15) is 40.5 Å². The van der Waals surface area contributed by atoms with Gasteiger partial charge in [-0.1, -0.05) is 0 Å². The molecular formula is C17H19NO8. The lowest BCUT2D eigenvalue weighted by Gasteiger charge is -2.11. The summed E-state index contributed by atoms with van der Waals surface area (Å²) in [4.78, 5) is 57.5. The standard InChI is InChI=1S/C17H19NO8/c1-10(19)4-7-15(21)26-9-14(20)18-13-8-11(16(22)24-2)5-6-12(13)17(23)25-3/h5-6,8H,4,7,9H2,1-3H3,(H,18,20). The molecule has 0 aliphatic carbocycles. The lowest BCUT2D eigenvalue weighted by Crippen LogP contribution is -2.22. The molecule has 1 aromatic rings. The van der Waals surface area contributed by atoms with Crippen molar-refractivity contribution in [2.75, 3.05) is 26.1 Å². The lowest BCUT2D eigenvalue weighted by molar-refractivity contribution is -0.148. The van der Waals surface area contributed by atoms with E-state index in [0.29, 0.717) is 0 Å². The Morgan fingerprint density at radius 1 is 0.962 bits per heavy atom. The van der Waals surface area contributed by atoms with Crippen molar-refractivity contribution in [1.29, 1.82) is 0 Å². The molecule has 0 radical (unpaired) electrons. The second-order valence-electron chi connectivity index (χ2n) is 5.15. The number of ether oxygens (including phenoxy) is 3. The zero-order chi connectivity index (χ0) is 19.7. The molecule has 0 unspecified atom stereocenters. The molecule has 0 atom stereocenters. The van der Waals surface area contributed by atoms with Gasteiger partial charge in [0.15, 0.2) is 6.61 Å². The fourth-order valence-electron chi connectivity index (χ4n) is 1.86. The van der Waals surface area contributed by atoms with Gasteiger partial charge in [0.2, 0.25) is 0 Å². The summed E-state index contributed by atoms with van der Waals surface area (Å²) in [6, 6.07) is 3.88. The van der Waals surface area contributed by atoms with Crippen LogP contribution in [0.15, 0.2) is 18.2 Å². The quantitative estimate of drug-likeness (QED) is 0.536. The number of hydrogen-bond donors (Lipinski definition) is 1. The van der Waals surface area contributed by atoms with Crippen molar-refractivity contribution in [3.63, 3.8) is 0 Å². The molecule has 0 aliphatic heterocycles. The molecule has 140 valence electrons. The van der Waals surface area contributed by atoms with E-state index in [1.165, 1.54) is 39.3 Å². The van der Waals surface area contributed by atoms with Crippen LogP contribution < -0.4 is 5.32 Å². The first-order valence-electron chi connectivity index (χ1n) is 7.54. The van der Waals surface area contributed by atoms with Gasteiger partial charge in [0.05, 0.1) is 37.5 Å². The Kier molecular flexibility index (Phi) is 7.94. The summed E-state index contributed by atoms with van der Waals surface area (Å²) in [5, 5.41) is 2.37. The summed E-state index contributed by atoms with van der Waals surface area (Å²) < 4.78 is 13.9. The van der Waals surface area contributed by atoms with E-state index in [2.05, 4.69) is 14.8 Å². The van der Waals surface area contributed by atoms with E-state index in [-0.39, 0.29) is 35.4 Å². The normalized spacial score (nSPS) is 9.81. The Hall–Kier alpha value is -3.23. The minimum atomic E-state index is -0.728. The van der Waals surface area contributed by atoms with Crippen molar-refractivity contribution < 1.29 is 38.2 Å². The smallest absolute Gasteiger partial charge is 0.339 e.